The molecule has 0 saturated heterocycles. The molecule has 1 saturated carbocycles. The van der Waals surface area contributed by atoms with Crippen LogP contribution < -0.4 is 5.32 Å². The van der Waals surface area contributed by atoms with Crippen molar-refractivity contribution in [3.63, 3.8) is 0 Å². The molecule has 1 heterocycles. The number of hydrogen-bond acceptors (Lipinski definition) is 3. The highest BCUT2D eigenvalue weighted by atomic mass is 32.2. The van der Waals surface area contributed by atoms with Crippen LogP contribution in [0.25, 0.3) is 0 Å². The van der Waals surface area contributed by atoms with E-state index in [1.165, 1.54) is 11.8 Å². The van der Waals surface area contributed by atoms with Crippen LogP contribution in [0.15, 0.2) is 4.99 Å². The molecule has 0 radical (unpaired) electrons. The summed E-state index contributed by atoms with van der Waals surface area (Å²) >= 11 is 1.40. The summed E-state index contributed by atoms with van der Waals surface area (Å²) in [5, 5.41) is 3.72. The summed E-state index contributed by atoms with van der Waals surface area (Å²) < 4.78 is 37.3. The van der Waals surface area contributed by atoms with Crippen LogP contribution in [-0.2, 0) is 4.79 Å². The number of aliphatic imine (C=N–C) groups is 1. The molecule has 1 aliphatic heterocycles. The number of nitrogens with one attached hydrogen (secondary N) is 1. The summed E-state index contributed by atoms with van der Waals surface area (Å²) in [5.41, 5.74) is 0. The smallest absolute Gasteiger partial charge is 0.362 e. The zero-order chi connectivity index (χ0) is 15.8. The summed E-state index contributed by atoms with van der Waals surface area (Å²) in [5.74, 6) is -1.19. The van der Waals surface area contributed by atoms with Gasteiger partial charge in [-0.1, -0.05) is 25.6 Å². The zero-order valence-corrected chi connectivity index (χ0v) is 13.3. The maximum Gasteiger partial charge on any atom is 0.391 e. The third-order valence-electron chi connectivity index (χ3n) is 4.56. The van der Waals surface area contributed by atoms with Crippen molar-refractivity contribution in [2.75, 3.05) is 0 Å². The van der Waals surface area contributed by atoms with Gasteiger partial charge in [-0.3, -0.25) is 4.79 Å². The second-order valence-electron chi connectivity index (χ2n) is 6.32. The second-order valence-corrected chi connectivity index (χ2v) is 7.76. The number of nitrogens with zero attached hydrogens (tertiary/aromatic N) is 1. The molecular weight excluding hydrogens is 301 g/mol. The number of carbonyl (C=O) groups excluding carboxylic acids is 1. The standard InChI is InChI=1S/C14H21F3N2OS/c1-8(2)13(3)11(20)19-12(21-13)18-10-6-4-9(5-7-10)14(15,16)17/h8-10H,4-7H2,1-3H3,(H,18,19,20)/t9?,10?,13-/m0/s1. The quantitative estimate of drug-likeness (QED) is 0.842. The Bertz CT molecular complexity index is 442. The maximum absolute atomic E-state index is 12.6. The highest BCUT2D eigenvalue weighted by Crippen LogP contribution is 2.41. The largest absolute Gasteiger partial charge is 0.391 e. The van der Waals surface area contributed by atoms with Crippen molar-refractivity contribution in [1.82, 2.24) is 5.32 Å². The number of amidine groups is 1. The van der Waals surface area contributed by atoms with Gasteiger partial charge in [-0.05, 0) is 38.5 Å². The minimum Gasteiger partial charge on any atom is -0.362 e. The molecule has 0 aromatic heterocycles. The molecular formula is C14H21F3N2OS. The van der Waals surface area contributed by atoms with Crippen LogP contribution in [0.1, 0.15) is 46.5 Å². The van der Waals surface area contributed by atoms with E-state index < -0.39 is 16.8 Å². The zero-order valence-electron chi connectivity index (χ0n) is 12.5. The Kier molecular flexibility index (Phi) is 4.61. The number of halogens is 3. The Morgan fingerprint density at radius 1 is 1.29 bits per heavy atom. The number of rotatable bonds is 2. The first-order valence-corrected chi connectivity index (χ1v) is 8.10. The average molecular weight is 322 g/mol. The van der Waals surface area contributed by atoms with Crippen molar-refractivity contribution in [2.45, 2.75) is 63.4 Å². The maximum atomic E-state index is 12.6. The first kappa shape index (κ1) is 16.6. The Balaban J connectivity index is 1.88. The van der Waals surface area contributed by atoms with E-state index in [0.29, 0.717) is 18.0 Å². The molecule has 21 heavy (non-hydrogen) atoms. The Labute approximate surface area is 127 Å². The molecule has 0 bridgehead atoms. The van der Waals surface area contributed by atoms with E-state index in [2.05, 4.69) is 10.3 Å². The molecule has 0 spiro atoms. The lowest BCUT2D eigenvalue weighted by Gasteiger charge is -2.31. The van der Waals surface area contributed by atoms with Gasteiger partial charge in [0.25, 0.3) is 5.91 Å². The predicted octanol–water partition coefficient (Wildman–Crippen LogP) is 3.74. The van der Waals surface area contributed by atoms with Crippen molar-refractivity contribution in [2.24, 2.45) is 16.8 Å². The molecule has 0 aromatic rings. The predicted molar refractivity (Wildman–Crippen MR) is 78.2 cm³/mol. The van der Waals surface area contributed by atoms with Gasteiger partial charge in [-0.2, -0.15) is 18.2 Å². The van der Waals surface area contributed by atoms with Crippen molar-refractivity contribution >= 4 is 22.8 Å². The minimum absolute atomic E-state index is 0.0165. The van der Waals surface area contributed by atoms with Crippen LogP contribution in [0.5, 0.6) is 0 Å². The molecule has 1 amide bonds. The lowest BCUT2D eigenvalue weighted by atomic mass is 9.86. The van der Waals surface area contributed by atoms with Crippen LogP contribution in [0.3, 0.4) is 0 Å². The van der Waals surface area contributed by atoms with Gasteiger partial charge in [0.05, 0.1) is 5.92 Å². The van der Waals surface area contributed by atoms with Gasteiger partial charge in [0.2, 0.25) is 0 Å². The van der Waals surface area contributed by atoms with E-state index in [9.17, 15) is 18.0 Å². The summed E-state index contributed by atoms with van der Waals surface area (Å²) in [6.07, 6.45) is -2.85. The molecule has 2 rings (SSSR count). The Morgan fingerprint density at radius 3 is 2.29 bits per heavy atom. The van der Waals surface area contributed by atoms with E-state index in [4.69, 9.17) is 0 Å². The molecule has 0 unspecified atom stereocenters. The lowest BCUT2D eigenvalue weighted by molar-refractivity contribution is -0.182. The van der Waals surface area contributed by atoms with Crippen LogP contribution in [-0.4, -0.2) is 28.0 Å². The van der Waals surface area contributed by atoms with Crippen LogP contribution >= 0.6 is 11.8 Å². The van der Waals surface area contributed by atoms with E-state index in [-0.39, 0.29) is 30.7 Å². The normalized spacial score (nSPS) is 34.2. The minimum atomic E-state index is -4.09. The van der Waals surface area contributed by atoms with Gasteiger partial charge in [-0.15, -0.1) is 0 Å². The summed E-state index contributed by atoms with van der Waals surface area (Å²) in [6.45, 7) is 5.80. The molecule has 1 N–H and O–H groups in total. The highest BCUT2D eigenvalue weighted by molar-refractivity contribution is 8.16. The van der Waals surface area contributed by atoms with E-state index in [1.807, 2.05) is 20.8 Å². The van der Waals surface area contributed by atoms with Gasteiger partial charge in [-0.25, -0.2) is 0 Å². The van der Waals surface area contributed by atoms with Crippen LogP contribution in [0.4, 0.5) is 13.2 Å². The molecule has 0 aromatic carbocycles. The molecule has 1 fully saturated rings. The fourth-order valence-corrected chi connectivity index (χ4v) is 3.76. The Hall–Kier alpha value is -0.720. The third-order valence-corrected chi connectivity index (χ3v) is 6.03. The van der Waals surface area contributed by atoms with Gasteiger partial charge in [0, 0.05) is 6.04 Å². The fraction of sp³-hybridized carbons (Fsp3) is 0.857. The van der Waals surface area contributed by atoms with Gasteiger partial charge in [0.1, 0.15) is 4.75 Å². The molecule has 1 aliphatic carbocycles. The van der Waals surface area contributed by atoms with Gasteiger partial charge >= 0.3 is 6.18 Å². The topological polar surface area (TPSA) is 41.5 Å². The lowest BCUT2D eigenvalue weighted by Crippen LogP contribution is -2.39. The first-order valence-electron chi connectivity index (χ1n) is 7.28. The van der Waals surface area contributed by atoms with Crippen molar-refractivity contribution < 1.29 is 18.0 Å². The number of alkyl halides is 3. The molecule has 1 atom stereocenters. The van der Waals surface area contributed by atoms with Crippen molar-refractivity contribution in [1.29, 1.82) is 0 Å². The SMILES string of the molecule is CC(C)[C@]1(C)SC(NC2CCC(C(F)(F)F)CC2)=NC1=O. The summed E-state index contributed by atoms with van der Waals surface area (Å²) in [7, 11) is 0. The third kappa shape index (κ3) is 3.55. The van der Waals surface area contributed by atoms with Crippen LogP contribution in [0.2, 0.25) is 0 Å². The number of carbonyl (C=O) groups is 1. The monoisotopic (exact) mass is 322 g/mol. The van der Waals surface area contributed by atoms with Gasteiger partial charge < -0.3 is 5.32 Å². The fourth-order valence-electron chi connectivity index (χ4n) is 2.64. The molecule has 2 aliphatic rings. The van der Waals surface area contributed by atoms with Crippen molar-refractivity contribution in [3.05, 3.63) is 0 Å². The Morgan fingerprint density at radius 2 is 1.86 bits per heavy atom. The molecule has 120 valence electrons. The number of thioether (sulfide) groups is 1. The summed E-state index contributed by atoms with van der Waals surface area (Å²) in [6, 6.07) is -0.0165. The average Bonchev–Trinajstić information content (AvgIpc) is 2.65. The van der Waals surface area contributed by atoms with Crippen LogP contribution in [0, 0.1) is 11.8 Å². The first-order chi connectivity index (χ1) is 9.63. The number of hydrogen-bond donors (Lipinski definition) is 1. The highest BCUT2D eigenvalue weighted by Gasteiger charge is 2.45. The van der Waals surface area contributed by atoms with E-state index in [0.717, 1.165) is 0 Å². The van der Waals surface area contributed by atoms with E-state index >= 15 is 0 Å². The van der Waals surface area contributed by atoms with E-state index in [1.54, 1.807) is 0 Å². The second kappa shape index (κ2) is 5.82. The van der Waals surface area contributed by atoms with Crippen molar-refractivity contribution in [3.8, 4) is 0 Å². The molecule has 3 nitrogen and oxygen atoms in total. The summed E-state index contributed by atoms with van der Waals surface area (Å²) in [4.78, 5) is 16.0. The van der Waals surface area contributed by atoms with Gasteiger partial charge in [0.15, 0.2) is 5.17 Å². The molecule has 7 heteroatoms. The number of amides is 1.